The van der Waals surface area contributed by atoms with Crippen molar-refractivity contribution in [3.63, 3.8) is 0 Å². The number of nitrogens with one attached hydrogen (secondary N) is 1. The largest absolute Gasteiger partial charge is 0.307 e. The van der Waals surface area contributed by atoms with Gasteiger partial charge < -0.3 is 5.32 Å². The lowest BCUT2D eigenvalue weighted by molar-refractivity contribution is 0.625. The van der Waals surface area contributed by atoms with Crippen LogP contribution in [0.4, 0.5) is 0 Å². The molecule has 0 aliphatic heterocycles. The van der Waals surface area contributed by atoms with Gasteiger partial charge >= 0.3 is 0 Å². The summed E-state index contributed by atoms with van der Waals surface area (Å²) in [5.74, 6) is 0. The van der Waals surface area contributed by atoms with Gasteiger partial charge in [-0.25, -0.2) is 4.52 Å². The van der Waals surface area contributed by atoms with Gasteiger partial charge in [0.1, 0.15) is 0 Å². The lowest BCUT2D eigenvalue weighted by Gasteiger charge is -2.16. The molecular weight excluding hydrogens is 198 g/mol. The summed E-state index contributed by atoms with van der Waals surface area (Å²) in [7, 11) is 0. The van der Waals surface area contributed by atoms with Crippen molar-refractivity contribution in [3.05, 3.63) is 48.3 Å². The molecule has 0 aromatic carbocycles. The first-order valence-corrected chi connectivity index (χ1v) is 5.55. The van der Waals surface area contributed by atoms with E-state index in [1.54, 1.807) is 0 Å². The Kier molecular flexibility index (Phi) is 3.06. The predicted molar refractivity (Wildman–Crippen MR) is 66.4 cm³/mol. The van der Waals surface area contributed by atoms with Crippen LogP contribution in [0.5, 0.6) is 0 Å². The van der Waals surface area contributed by atoms with Gasteiger partial charge in [-0.15, -0.1) is 0 Å². The first-order chi connectivity index (χ1) is 7.74. The molecule has 0 saturated carbocycles. The van der Waals surface area contributed by atoms with Crippen molar-refractivity contribution in [2.24, 2.45) is 0 Å². The maximum absolute atomic E-state index is 4.34. The van der Waals surface area contributed by atoms with Gasteiger partial charge in [-0.2, -0.15) is 5.10 Å². The zero-order valence-electron chi connectivity index (χ0n) is 9.77. The van der Waals surface area contributed by atoms with E-state index in [0.717, 1.165) is 17.6 Å². The van der Waals surface area contributed by atoms with E-state index in [-0.39, 0.29) is 6.04 Å². The van der Waals surface area contributed by atoms with E-state index in [1.165, 1.54) is 5.56 Å². The van der Waals surface area contributed by atoms with E-state index < -0.39 is 0 Å². The van der Waals surface area contributed by atoms with Gasteiger partial charge in [0.2, 0.25) is 0 Å². The smallest absolute Gasteiger partial charge is 0.0712 e. The van der Waals surface area contributed by atoms with Crippen LogP contribution >= 0.6 is 0 Å². The molecule has 1 atom stereocenters. The zero-order chi connectivity index (χ0) is 11.5. The first-order valence-electron chi connectivity index (χ1n) is 5.55. The molecule has 0 amide bonds. The molecule has 0 aliphatic carbocycles. The van der Waals surface area contributed by atoms with Gasteiger partial charge in [-0.05, 0) is 25.6 Å². The molecule has 3 heteroatoms. The first kappa shape index (κ1) is 10.9. The molecule has 0 radical (unpaired) electrons. The van der Waals surface area contributed by atoms with Crippen molar-refractivity contribution >= 4 is 5.52 Å². The quantitative estimate of drug-likeness (QED) is 0.794. The average molecular weight is 215 g/mol. The zero-order valence-corrected chi connectivity index (χ0v) is 9.77. The molecule has 0 saturated heterocycles. The lowest BCUT2D eigenvalue weighted by Crippen LogP contribution is -2.21. The number of hydrogen-bond donors (Lipinski definition) is 1. The predicted octanol–water partition coefficient (Wildman–Crippen LogP) is 2.56. The Morgan fingerprint density at radius 2 is 2.38 bits per heavy atom. The minimum Gasteiger partial charge on any atom is -0.307 e. The second-order valence-electron chi connectivity index (χ2n) is 3.97. The highest BCUT2D eigenvalue weighted by Crippen LogP contribution is 2.23. The third kappa shape index (κ3) is 1.86. The molecule has 2 aromatic rings. The number of rotatable bonds is 4. The number of aromatic nitrogens is 2. The summed E-state index contributed by atoms with van der Waals surface area (Å²) >= 11 is 0. The van der Waals surface area contributed by atoms with Gasteiger partial charge in [0, 0.05) is 11.8 Å². The molecule has 0 spiro atoms. The van der Waals surface area contributed by atoms with Crippen molar-refractivity contribution in [2.45, 2.75) is 19.9 Å². The minimum atomic E-state index is 0.185. The maximum Gasteiger partial charge on any atom is 0.0712 e. The Labute approximate surface area is 95.8 Å². The molecule has 1 N–H and O–H groups in total. The van der Waals surface area contributed by atoms with Gasteiger partial charge in [-0.1, -0.05) is 25.1 Å². The second kappa shape index (κ2) is 4.49. The van der Waals surface area contributed by atoms with E-state index in [4.69, 9.17) is 0 Å². The van der Waals surface area contributed by atoms with Crippen molar-refractivity contribution < 1.29 is 0 Å². The van der Waals surface area contributed by atoms with Crippen LogP contribution in [-0.2, 0) is 0 Å². The molecule has 0 aliphatic rings. The van der Waals surface area contributed by atoms with E-state index >= 15 is 0 Å². The Bertz CT molecular complexity index is 499. The van der Waals surface area contributed by atoms with Crippen LogP contribution in [-0.4, -0.2) is 16.2 Å². The number of nitrogens with zero attached hydrogens (tertiary/aromatic N) is 2. The molecule has 1 unspecified atom stereocenters. The molecule has 0 fully saturated rings. The Balaban J connectivity index is 2.48. The van der Waals surface area contributed by atoms with Crippen LogP contribution in [0.2, 0.25) is 0 Å². The number of likely N-dealkylation sites (N-methyl/N-ethyl adjacent to an activating group) is 1. The summed E-state index contributed by atoms with van der Waals surface area (Å²) in [5, 5.41) is 7.76. The van der Waals surface area contributed by atoms with Crippen molar-refractivity contribution in [3.8, 4) is 0 Å². The second-order valence-corrected chi connectivity index (χ2v) is 3.97. The molecule has 3 nitrogen and oxygen atoms in total. The molecular formula is C13H17N3. The average Bonchev–Trinajstić information content (AvgIpc) is 2.69. The third-order valence-electron chi connectivity index (χ3n) is 2.67. The summed E-state index contributed by atoms with van der Waals surface area (Å²) in [5.41, 5.74) is 3.44. The van der Waals surface area contributed by atoms with Crippen LogP contribution < -0.4 is 5.32 Å². The van der Waals surface area contributed by atoms with Gasteiger partial charge in [0.25, 0.3) is 0 Å². The van der Waals surface area contributed by atoms with Crippen LogP contribution in [0, 0.1) is 0 Å². The highest BCUT2D eigenvalue weighted by atomic mass is 15.2. The molecule has 2 rings (SSSR count). The summed E-state index contributed by atoms with van der Waals surface area (Å²) in [6.45, 7) is 9.10. The van der Waals surface area contributed by atoms with E-state index in [1.807, 2.05) is 36.0 Å². The third-order valence-corrected chi connectivity index (χ3v) is 2.67. The van der Waals surface area contributed by atoms with Crippen molar-refractivity contribution in [2.75, 3.05) is 6.54 Å². The Hall–Kier alpha value is -1.61. The summed E-state index contributed by atoms with van der Waals surface area (Å²) in [4.78, 5) is 0. The summed E-state index contributed by atoms with van der Waals surface area (Å²) < 4.78 is 1.89. The summed E-state index contributed by atoms with van der Waals surface area (Å²) in [6.07, 6.45) is 3.87. The van der Waals surface area contributed by atoms with Crippen molar-refractivity contribution in [1.29, 1.82) is 0 Å². The molecule has 2 heterocycles. The number of pyridine rings is 1. The normalized spacial score (nSPS) is 12.9. The lowest BCUT2D eigenvalue weighted by atomic mass is 10.0. The van der Waals surface area contributed by atoms with E-state index in [0.29, 0.717) is 0 Å². The molecule has 84 valence electrons. The minimum absolute atomic E-state index is 0.185. The standard InChI is InChI=1S/C13H17N3/c1-4-14-13(10(2)3)11-9-15-16-8-6-5-7-12(11)16/h5-9,13-14H,2,4H2,1,3H3. The fourth-order valence-corrected chi connectivity index (χ4v) is 1.93. The van der Waals surface area contributed by atoms with Gasteiger partial charge in [-0.3, -0.25) is 0 Å². The van der Waals surface area contributed by atoms with E-state index in [2.05, 4.69) is 30.0 Å². The topological polar surface area (TPSA) is 29.3 Å². The fourth-order valence-electron chi connectivity index (χ4n) is 1.93. The van der Waals surface area contributed by atoms with Crippen LogP contribution in [0.1, 0.15) is 25.5 Å². The van der Waals surface area contributed by atoms with Gasteiger partial charge in [0.05, 0.1) is 17.8 Å². The fraction of sp³-hybridized carbons (Fsp3) is 0.308. The monoisotopic (exact) mass is 215 g/mol. The van der Waals surface area contributed by atoms with Crippen LogP contribution in [0.3, 0.4) is 0 Å². The SMILES string of the molecule is C=C(C)C(NCC)c1cnn2ccccc12. The molecule has 2 aromatic heterocycles. The highest BCUT2D eigenvalue weighted by molar-refractivity contribution is 5.56. The van der Waals surface area contributed by atoms with E-state index in [9.17, 15) is 0 Å². The Morgan fingerprint density at radius 3 is 3.06 bits per heavy atom. The maximum atomic E-state index is 4.34. The number of fused-ring (bicyclic) bond motifs is 1. The molecule has 0 bridgehead atoms. The van der Waals surface area contributed by atoms with Crippen LogP contribution in [0.15, 0.2) is 42.7 Å². The highest BCUT2D eigenvalue weighted by Gasteiger charge is 2.15. The number of hydrogen-bond acceptors (Lipinski definition) is 2. The van der Waals surface area contributed by atoms with Gasteiger partial charge in [0.15, 0.2) is 0 Å². The van der Waals surface area contributed by atoms with Crippen molar-refractivity contribution in [1.82, 2.24) is 14.9 Å². The van der Waals surface area contributed by atoms with Crippen LogP contribution in [0.25, 0.3) is 5.52 Å². The Morgan fingerprint density at radius 1 is 1.56 bits per heavy atom. The summed E-state index contributed by atoms with van der Waals surface area (Å²) in [6, 6.07) is 6.27. The molecule has 16 heavy (non-hydrogen) atoms.